The average Bonchev–Trinajstić information content (AvgIpc) is 3.30. The number of piperidine rings is 1. The van der Waals surface area contributed by atoms with Gasteiger partial charge in [-0.15, -0.1) is 0 Å². The van der Waals surface area contributed by atoms with Gasteiger partial charge in [-0.2, -0.15) is 5.26 Å². The zero-order chi connectivity index (χ0) is 13.1. The molecule has 3 rings (SSSR count). The third-order valence-corrected chi connectivity index (χ3v) is 3.93. The molecular weight excluding hydrogens is 238 g/mol. The molecule has 5 heteroatoms. The van der Waals surface area contributed by atoms with Crippen LogP contribution < -0.4 is 10.2 Å². The van der Waals surface area contributed by atoms with Gasteiger partial charge in [-0.3, -0.25) is 0 Å². The van der Waals surface area contributed by atoms with E-state index in [1.165, 1.54) is 19.4 Å². The Labute approximate surface area is 113 Å². The molecule has 1 saturated heterocycles. The molecule has 0 spiro atoms. The lowest BCUT2D eigenvalue weighted by molar-refractivity contribution is 0.406. The highest BCUT2D eigenvalue weighted by atomic mass is 15.3. The SMILES string of the molecule is N#Cc1ccnc(N2CCC(NCC3CC3)CC2)n1. The summed E-state index contributed by atoms with van der Waals surface area (Å²) >= 11 is 0. The third-order valence-electron chi connectivity index (χ3n) is 3.93. The molecule has 1 aliphatic heterocycles. The van der Waals surface area contributed by atoms with Gasteiger partial charge < -0.3 is 10.2 Å². The molecule has 0 radical (unpaired) electrons. The van der Waals surface area contributed by atoms with Crippen molar-refractivity contribution in [3.8, 4) is 6.07 Å². The second-order valence-corrected chi connectivity index (χ2v) is 5.47. The van der Waals surface area contributed by atoms with Crippen molar-refractivity contribution >= 4 is 5.95 Å². The van der Waals surface area contributed by atoms with E-state index >= 15 is 0 Å². The van der Waals surface area contributed by atoms with Crippen LogP contribution in [0.1, 0.15) is 31.4 Å². The first-order valence-corrected chi connectivity index (χ1v) is 7.06. The molecule has 0 atom stereocenters. The van der Waals surface area contributed by atoms with Crippen molar-refractivity contribution in [2.45, 2.75) is 31.7 Å². The van der Waals surface area contributed by atoms with Gasteiger partial charge in [0.05, 0.1) is 0 Å². The van der Waals surface area contributed by atoms with Crippen molar-refractivity contribution in [2.24, 2.45) is 5.92 Å². The van der Waals surface area contributed by atoms with Crippen molar-refractivity contribution in [2.75, 3.05) is 24.5 Å². The van der Waals surface area contributed by atoms with E-state index in [0.29, 0.717) is 17.7 Å². The lowest BCUT2D eigenvalue weighted by Gasteiger charge is -2.32. The summed E-state index contributed by atoms with van der Waals surface area (Å²) in [4.78, 5) is 10.7. The highest BCUT2D eigenvalue weighted by Gasteiger charge is 2.25. The molecule has 0 unspecified atom stereocenters. The minimum Gasteiger partial charge on any atom is -0.341 e. The largest absolute Gasteiger partial charge is 0.341 e. The highest BCUT2D eigenvalue weighted by Crippen LogP contribution is 2.28. The molecule has 1 aromatic rings. The molecular formula is C14H19N5. The fourth-order valence-electron chi connectivity index (χ4n) is 2.50. The summed E-state index contributed by atoms with van der Waals surface area (Å²) in [6.45, 7) is 3.12. The summed E-state index contributed by atoms with van der Waals surface area (Å²) in [5.74, 6) is 1.63. The predicted molar refractivity (Wildman–Crippen MR) is 72.7 cm³/mol. The Morgan fingerprint density at radius 2 is 2.11 bits per heavy atom. The van der Waals surface area contributed by atoms with Gasteiger partial charge in [-0.25, -0.2) is 9.97 Å². The number of nitrogens with zero attached hydrogens (tertiary/aromatic N) is 4. The monoisotopic (exact) mass is 257 g/mol. The van der Waals surface area contributed by atoms with Gasteiger partial charge in [0, 0.05) is 25.3 Å². The van der Waals surface area contributed by atoms with E-state index in [2.05, 4.69) is 26.3 Å². The molecule has 2 heterocycles. The van der Waals surface area contributed by atoms with Crippen molar-refractivity contribution < 1.29 is 0 Å². The number of anilines is 1. The molecule has 100 valence electrons. The Morgan fingerprint density at radius 1 is 1.32 bits per heavy atom. The van der Waals surface area contributed by atoms with E-state index in [1.54, 1.807) is 12.3 Å². The second-order valence-electron chi connectivity index (χ2n) is 5.47. The molecule has 0 aromatic carbocycles. The lowest BCUT2D eigenvalue weighted by atomic mass is 10.1. The van der Waals surface area contributed by atoms with Crippen LogP contribution in [0.3, 0.4) is 0 Å². The fourth-order valence-corrected chi connectivity index (χ4v) is 2.50. The number of aromatic nitrogens is 2. The van der Waals surface area contributed by atoms with Gasteiger partial charge in [0.1, 0.15) is 11.8 Å². The van der Waals surface area contributed by atoms with E-state index in [-0.39, 0.29) is 0 Å². The number of hydrogen-bond donors (Lipinski definition) is 1. The maximum atomic E-state index is 8.86. The number of nitrogens with one attached hydrogen (secondary N) is 1. The topological polar surface area (TPSA) is 64.8 Å². The molecule has 1 aliphatic carbocycles. The maximum absolute atomic E-state index is 8.86. The van der Waals surface area contributed by atoms with Gasteiger partial charge in [0.15, 0.2) is 0 Å². The summed E-state index contributed by atoms with van der Waals surface area (Å²) in [6.07, 6.45) is 6.74. The molecule has 1 N–H and O–H groups in total. The molecule has 2 aliphatic rings. The zero-order valence-electron chi connectivity index (χ0n) is 11.0. The Hall–Kier alpha value is -1.67. The number of nitriles is 1. The van der Waals surface area contributed by atoms with Crippen LogP contribution in [0.2, 0.25) is 0 Å². The first kappa shape index (κ1) is 12.4. The maximum Gasteiger partial charge on any atom is 0.226 e. The van der Waals surface area contributed by atoms with Crippen LogP contribution in [-0.4, -0.2) is 35.6 Å². The third kappa shape index (κ3) is 3.21. The van der Waals surface area contributed by atoms with Crippen LogP contribution in [-0.2, 0) is 0 Å². The van der Waals surface area contributed by atoms with Crippen molar-refractivity contribution in [1.82, 2.24) is 15.3 Å². The van der Waals surface area contributed by atoms with Crippen molar-refractivity contribution in [3.05, 3.63) is 18.0 Å². The normalized spacial score (nSPS) is 20.3. The molecule has 19 heavy (non-hydrogen) atoms. The van der Waals surface area contributed by atoms with Crippen molar-refractivity contribution in [3.63, 3.8) is 0 Å². The fraction of sp³-hybridized carbons (Fsp3) is 0.643. The minimum absolute atomic E-state index is 0.444. The van der Waals surface area contributed by atoms with E-state index in [1.807, 2.05) is 0 Å². The molecule has 0 bridgehead atoms. The zero-order valence-corrected chi connectivity index (χ0v) is 11.0. The van der Waals surface area contributed by atoms with Gasteiger partial charge in [-0.05, 0) is 44.2 Å². The molecule has 1 aromatic heterocycles. The Morgan fingerprint density at radius 3 is 2.79 bits per heavy atom. The minimum atomic E-state index is 0.444. The number of hydrogen-bond acceptors (Lipinski definition) is 5. The molecule has 0 amide bonds. The Balaban J connectivity index is 1.52. The quantitative estimate of drug-likeness (QED) is 0.881. The lowest BCUT2D eigenvalue weighted by Crippen LogP contribution is -2.43. The van der Waals surface area contributed by atoms with E-state index in [4.69, 9.17) is 5.26 Å². The Bertz CT molecular complexity index is 469. The molecule has 2 fully saturated rings. The van der Waals surface area contributed by atoms with Gasteiger partial charge in [0.25, 0.3) is 0 Å². The summed E-state index contributed by atoms with van der Waals surface area (Å²) in [6, 6.07) is 4.35. The standard InChI is InChI=1S/C14H19N5/c15-9-13-3-6-16-14(18-13)19-7-4-12(5-8-19)17-10-11-1-2-11/h3,6,11-12,17H,1-2,4-5,7-8,10H2. The van der Waals surface area contributed by atoms with E-state index < -0.39 is 0 Å². The van der Waals surface area contributed by atoms with Crippen LogP contribution in [0, 0.1) is 17.2 Å². The summed E-state index contributed by atoms with van der Waals surface area (Å²) in [5, 5.41) is 12.5. The summed E-state index contributed by atoms with van der Waals surface area (Å²) < 4.78 is 0. The van der Waals surface area contributed by atoms with Crippen LogP contribution in [0.4, 0.5) is 5.95 Å². The molecule has 5 nitrogen and oxygen atoms in total. The van der Waals surface area contributed by atoms with E-state index in [9.17, 15) is 0 Å². The second kappa shape index (κ2) is 5.54. The first-order valence-electron chi connectivity index (χ1n) is 7.06. The van der Waals surface area contributed by atoms with Gasteiger partial charge >= 0.3 is 0 Å². The highest BCUT2D eigenvalue weighted by molar-refractivity contribution is 5.34. The average molecular weight is 257 g/mol. The smallest absolute Gasteiger partial charge is 0.226 e. The summed E-state index contributed by atoms with van der Waals surface area (Å²) in [7, 11) is 0. The van der Waals surface area contributed by atoms with Crippen LogP contribution in [0.5, 0.6) is 0 Å². The van der Waals surface area contributed by atoms with Gasteiger partial charge in [-0.1, -0.05) is 0 Å². The Kier molecular flexibility index (Phi) is 3.60. The van der Waals surface area contributed by atoms with E-state index in [0.717, 1.165) is 31.8 Å². The van der Waals surface area contributed by atoms with Crippen LogP contribution in [0.25, 0.3) is 0 Å². The summed E-state index contributed by atoms with van der Waals surface area (Å²) in [5.41, 5.74) is 0.444. The van der Waals surface area contributed by atoms with Crippen LogP contribution >= 0.6 is 0 Å². The van der Waals surface area contributed by atoms with Crippen LogP contribution in [0.15, 0.2) is 12.3 Å². The number of rotatable bonds is 4. The van der Waals surface area contributed by atoms with Crippen molar-refractivity contribution in [1.29, 1.82) is 5.26 Å². The molecule has 1 saturated carbocycles. The van der Waals surface area contributed by atoms with Gasteiger partial charge in [0.2, 0.25) is 5.95 Å². The predicted octanol–water partition coefficient (Wildman–Crippen LogP) is 1.32. The first-order chi connectivity index (χ1) is 9.35.